The van der Waals surface area contributed by atoms with Gasteiger partial charge in [0, 0.05) is 6.08 Å². The molecule has 1 heterocycles. The third-order valence-corrected chi connectivity index (χ3v) is 3.27. The average molecular weight is 298 g/mol. The van der Waals surface area contributed by atoms with E-state index in [4.69, 9.17) is 4.74 Å². The maximum Gasteiger partial charge on any atom is 0.330 e. The van der Waals surface area contributed by atoms with Gasteiger partial charge in [0.2, 0.25) is 0 Å². The Morgan fingerprint density at radius 2 is 2.05 bits per heavy atom. The van der Waals surface area contributed by atoms with E-state index in [0.29, 0.717) is 19.1 Å². The molecule has 4 nitrogen and oxygen atoms in total. The third-order valence-electron chi connectivity index (χ3n) is 3.27. The molecular formula is C18H22N2O2. The van der Waals surface area contributed by atoms with Gasteiger partial charge in [-0.2, -0.15) is 5.10 Å². The molecule has 0 spiro atoms. The fourth-order valence-electron chi connectivity index (χ4n) is 2.10. The van der Waals surface area contributed by atoms with Crippen LogP contribution in [0.5, 0.6) is 0 Å². The largest absolute Gasteiger partial charge is 0.463 e. The summed E-state index contributed by atoms with van der Waals surface area (Å²) < 4.78 is 6.84. The zero-order valence-corrected chi connectivity index (χ0v) is 13.3. The summed E-state index contributed by atoms with van der Waals surface area (Å²) >= 11 is 0. The van der Waals surface area contributed by atoms with Crippen LogP contribution in [0.2, 0.25) is 0 Å². The van der Waals surface area contributed by atoms with Crippen LogP contribution in [-0.2, 0) is 16.1 Å². The van der Waals surface area contributed by atoms with Crippen LogP contribution in [-0.4, -0.2) is 22.4 Å². The number of rotatable bonds is 6. The molecule has 0 N–H and O–H groups in total. The Bertz CT molecular complexity index is 642. The van der Waals surface area contributed by atoms with Crippen LogP contribution < -0.4 is 0 Å². The first kappa shape index (κ1) is 16.0. The van der Waals surface area contributed by atoms with E-state index < -0.39 is 0 Å². The molecular weight excluding hydrogens is 276 g/mol. The lowest BCUT2D eigenvalue weighted by molar-refractivity contribution is -0.137. The number of carbonyl (C=O) groups is 1. The van der Waals surface area contributed by atoms with Crippen LogP contribution in [0.15, 0.2) is 42.5 Å². The van der Waals surface area contributed by atoms with Gasteiger partial charge in [0.05, 0.1) is 24.5 Å². The third kappa shape index (κ3) is 4.32. The number of hydrogen-bond acceptors (Lipinski definition) is 3. The summed E-state index contributed by atoms with van der Waals surface area (Å²) in [6.07, 6.45) is 3.21. The number of hydrogen-bond donors (Lipinski definition) is 0. The summed E-state index contributed by atoms with van der Waals surface area (Å²) in [5.41, 5.74) is 3.09. The molecule has 1 aromatic heterocycles. The Balaban J connectivity index is 2.25. The van der Waals surface area contributed by atoms with Crippen molar-refractivity contribution in [2.45, 2.75) is 33.2 Å². The Labute approximate surface area is 131 Å². The van der Waals surface area contributed by atoms with E-state index in [2.05, 4.69) is 31.1 Å². The van der Waals surface area contributed by atoms with Crippen molar-refractivity contribution < 1.29 is 9.53 Å². The quantitative estimate of drug-likeness (QED) is 0.604. The van der Waals surface area contributed by atoms with E-state index >= 15 is 0 Å². The lowest BCUT2D eigenvalue weighted by Gasteiger charge is -2.05. The normalized spacial score (nSPS) is 11.3. The second kappa shape index (κ2) is 7.59. The highest BCUT2D eigenvalue weighted by atomic mass is 16.5. The second-order valence-corrected chi connectivity index (χ2v) is 5.38. The molecule has 0 bridgehead atoms. The molecule has 0 fully saturated rings. The topological polar surface area (TPSA) is 44.1 Å². The Morgan fingerprint density at radius 1 is 1.32 bits per heavy atom. The van der Waals surface area contributed by atoms with Crippen molar-refractivity contribution in [2.75, 3.05) is 6.61 Å². The summed E-state index contributed by atoms with van der Waals surface area (Å²) in [4.78, 5) is 11.5. The molecule has 2 rings (SSSR count). The zero-order chi connectivity index (χ0) is 15.9. The van der Waals surface area contributed by atoms with Crippen molar-refractivity contribution in [1.29, 1.82) is 0 Å². The predicted molar refractivity (Wildman–Crippen MR) is 87.5 cm³/mol. The molecule has 22 heavy (non-hydrogen) atoms. The van der Waals surface area contributed by atoms with Crippen molar-refractivity contribution in [3.05, 3.63) is 59.4 Å². The van der Waals surface area contributed by atoms with Crippen molar-refractivity contribution >= 4 is 12.0 Å². The van der Waals surface area contributed by atoms with Crippen LogP contribution in [0.3, 0.4) is 0 Å². The van der Waals surface area contributed by atoms with Gasteiger partial charge in [0.25, 0.3) is 0 Å². The van der Waals surface area contributed by atoms with Gasteiger partial charge in [0.15, 0.2) is 0 Å². The minimum atomic E-state index is -0.332. The van der Waals surface area contributed by atoms with E-state index in [9.17, 15) is 4.79 Å². The highest BCUT2D eigenvalue weighted by Gasteiger charge is 2.09. The minimum Gasteiger partial charge on any atom is -0.463 e. The molecule has 0 aliphatic carbocycles. The summed E-state index contributed by atoms with van der Waals surface area (Å²) in [7, 11) is 0. The molecule has 0 amide bonds. The minimum absolute atomic E-state index is 0.332. The van der Waals surface area contributed by atoms with Gasteiger partial charge in [-0.3, -0.25) is 4.68 Å². The molecule has 116 valence electrons. The van der Waals surface area contributed by atoms with Crippen LogP contribution in [0.1, 0.15) is 43.6 Å². The highest BCUT2D eigenvalue weighted by molar-refractivity contribution is 5.86. The maximum atomic E-state index is 11.5. The van der Waals surface area contributed by atoms with Crippen LogP contribution in [0.4, 0.5) is 0 Å². The molecule has 0 aliphatic rings. The molecule has 1 aromatic carbocycles. The fraction of sp³-hybridized carbons (Fsp3) is 0.333. The number of nitrogens with zero attached hydrogens (tertiary/aromatic N) is 2. The lowest BCUT2D eigenvalue weighted by atomic mass is 10.1. The van der Waals surface area contributed by atoms with E-state index in [1.54, 1.807) is 13.0 Å². The van der Waals surface area contributed by atoms with Crippen LogP contribution >= 0.6 is 0 Å². The number of ether oxygens (including phenoxy) is 1. The molecule has 0 unspecified atom stereocenters. The first-order valence-corrected chi connectivity index (χ1v) is 7.56. The predicted octanol–water partition coefficient (Wildman–Crippen LogP) is 3.63. The second-order valence-electron chi connectivity index (χ2n) is 5.38. The van der Waals surface area contributed by atoms with Gasteiger partial charge in [-0.15, -0.1) is 0 Å². The van der Waals surface area contributed by atoms with Crippen molar-refractivity contribution in [2.24, 2.45) is 0 Å². The van der Waals surface area contributed by atoms with E-state index in [-0.39, 0.29) is 5.97 Å². The van der Waals surface area contributed by atoms with Gasteiger partial charge in [0.1, 0.15) is 0 Å². The van der Waals surface area contributed by atoms with Crippen LogP contribution in [0.25, 0.3) is 6.08 Å². The lowest BCUT2D eigenvalue weighted by Crippen LogP contribution is -2.05. The van der Waals surface area contributed by atoms with Crippen molar-refractivity contribution in [1.82, 2.24) is 9.78 Å². The van der Waals surface area contributed by atoms with E-state index in [1.165, 1.54) is 11.6 Å². The number of benzene rings is 1. The molecule has 2 aromatic rings. The summed E-state index contributed by atoms with van der Waals surface area (Å²) in [6.45, 7) is 7.06. The molecule has 0 saturated carbocycles. The first-order chi connectivity index (χ1) is 10.6. The molecule has 0 saturated heterocycles. The highest BCUT2D eigenvalue weighted by Crippen LogP contribution is 2.17. The fourth-order valence-corrected chi connectivity index (χ4v) is 2.10. The number of aromatic nitrogens is 2. The van der Waals surface area contributed by atoms with Gasteiger partial charge < -0.3 is 4.74 Å². The average Bonchev–Trinajstić information content (AvgIpc) is 2.90. The van der Waals surface area contributed by atoms with Gasteiger partial charge in [-0.25, -0.2) is 4.79 Å². The summed E-state index contributed by atoms with van der Waals surface area (Å²) in [6, 6.07) is 12.2. The van der Waals surface area contributed by atoms with Crippen LogP contribution in [0, 0.1) is 0 Å². The molecule has 0 aliphatic heterocycles. The standard InChI is InChI=1S/C18H22N2O2/c1-4-22-18(21)11-10-16-12-17(14(2)3)19-20(16)13-15-8-6-5-7-9-15/h5-12,14H,4,13H2,1-3H3/b11-10+. The van der Waals surface area contributed by atoms with Crippen molar-refractivity contribution in [3.63, 3.8) is 0 Å². The zero-order valence-electron chi connectivity index (χ0n) is 13.3. The van der Waals surface area contributed by atoms with Gasteiger partial charge in [-0.1, -0.05) is 44.2 Å². The summed E-state index contributed by atoms with van der Waals surface area (Å²) in [5.74, 6) is 0.00725. The van der Waals surface area contributed by atoms with Gasteiger partial charge in [-0.05, 0) is 30.5 Å². The molecule has 4 heteroatoms. The molecule has 0 atom stereocenters. The monoisotopic (exact) mass is 298 g/mol. The summed E-state index contributed by atoms with van der Waals surface area (Å²) in [5, 5.41) is 4.64. The van der Waals surface area contributed by atoms with Gasteiger partial charge >= 0.3 is 5.97 Å². The smallest absolute Gasteiger partial charge is 0.330 e. The number of esters is 1. The van der Waals surface area contributed by atoms with Crippen molar-refractivity contribution in [3.8, 4) is 0 Å². The van der Waals surface area contributed by atoms with E-state index in [0.717, 1.165) is 11.4 Å². The Hall–Kier alpha value is -2.36. The van der Waals surface area contributed by atoms with E-state index in [1.807, 2.05) is 28.9 Å². The SMILES string of the molecule is CCOC(=O)/C=C/c1cc(C(C)C)nn1Cc1ccccc1. The number of carbonyl (C=O) groups excluding carboxylic acids is 1. The Morgan fingerprint density at radius 3 is 2.68 bits per heavy atom. The Kier molecular flexibility index (Phi) is 5.53. The molecule has 0 radical (unpaired) electrons. The first-order valence-electron chi connectivity index (χ1n) is 7.56. The maximum absolute atomic E-state index is 11.5.